The maximum Gasteiger partial charge on any atom is 0.141 e. The summed E-state index contributed by atoms with van der Waals surface area (Å²) < 4.78 is 18.5. The van der Waals surface area contributed by atoms with E-state index in [1.807, 2.05) is 13.8 Å². The highest BCUT2D eigenvalue weighted by Crippen LogP contribution is 2.53. The Morgan fingerprint density at radius 1 is 0.958 bits per heavy atom. The minimum atomic E-state index is -0.222. The van der Waals surface area contributed by atoms with E-state index in [0.29, 0.717) is 13.2 Å². The maximum atomic E-state index is 6.43. The van der Waals surface area contributed by atoms with Crippen LogP contribution in [0.5, 0.6) is 5.75 Å². The van der Waals surface area contributed by atoms with Crippen LogP contribution in [0.2, 0.25) is 0 Å². The first-order valence-electron chi connectivity index (χ1n) is 9.54. The van der Waals surface area contributed by atoms with E-state index >= 15 is 0 Å². The molecule has 1 fully saturated rings. The highest BCUT2D eigenvalue weighted by atomic mass is 16.5. The van der Waals surface area contributed by atoms with Crippen LogP contribution in [0, 0.1) is 0 Å². The van der Waals surface area contributed by atoms with Gasteiger partial charge in [-0.2, -0.15) is 0 Å². The van der Waals surface area contributed by atoms with Crippen molar-refractivity contribution in [1.82, 2.24) is 0 Å². The Hall–Kier alpha value is -1.48. The molecule has 3 nitrogen and oxygen atoms in total. The molecule has 1 saturated carbocycles. The molecule has 1 aliphatic heterocycles. The summed E-state index contributed by atoms with van der Waals surface area (Å²) in [5.41, 5.74) is 3.63. The second-order valence-corrected chi connectivity index (χ2v) is 6.73. The highest BCUT2D eigenvalue weighted by Gasteiger charge is 2.49. The van der Waals surface area contributed by atoms with E-state index in [0.717, 1.165) is 55.8 Å². The van der Waals surface area contributed by atoms with Gasteiger partial charge < -0.3 is 13.9 Å². The predicted octanol–water partition coefficient (Wildman–Crippen LogP) is 5.71. The molecule has 0 saturated heterocycles. The van der Waals surface area contributed by atoms with Crippen LogP contribution in [0.3, 0.4) is 0 Å². The zero-order chi connectivity index (χ0) is 17.2. The summed E-state index contributed by atoms with van der Waals surface area (Å²) in [5.74, 6) is 2.92. The molecule has 0 amide bonds. The van der Waals surface area contributed by atoms with Gasteiger partial charge >= 0.3 is 0 Å². The van der Waals surface area contributed by atoms with Crippen molar-refractivity contribution in [2.45, 2.75) is 71.8 Å². The van der Waals surface area contributed by atoms with Gasteiger partial charge in [0, 0.05) is 12.7 Å². The lowest BCUT2D eigenvalue weighted by molar-refractivity contribution is 0.0224. The summed E-state index contributed by atoms with van der Waals surface area (Å²) in [4.78, 5) is 0. The van der Waals surface area contributed by atoms with Crippen molar-refractivity contribution in [3.63, 3.8) is 0 Å². The van der Waals surface area contributed by atoms with Gasteiger partial charge in [-0.3, -0.25) is 0 Å². The van der Waals surface area contributed by atoms with E-state index in [1.165, 1.54) is 16.7 Å². The van der Waals surface area contributed by atoms with Gasteiger partial charge in [-0.1, -0.05) is 32.8 Å². The van der Waals surface area contributed by atoms with Crippen molar-refractivity contribution >= 4 is 0 Å². The summed E-state index contributed by atoms with van der Waals surface area (Å²) in [6, 6.07) is 4.41. The molecular weight excluding hydrogens is 300 g/mol. The van der Waals surface area contributed by atoms with Crippen molar-refractivity contribution < 1.29 is 13.9 Å². The van der Waals surface area contributed by atoms with E-state index in [1.54, 1.807) is 0 Å². The smallest absolute Gasteiger partial charge is 0.141 e. The van der Waals surface area contributed by atoms with Gasteiger partial charge in [0.1, 0.15) is 22.9 Å². The first kappa shape index (κ1) is 17.3. The molecule has 0 aromatic carbocycles. The van der Waals surface area contributed by atoms with E-state index < -0.39 is 0 Å². The Bertz CT molecular complexity index is 652. The normalized spacial score (nSPS) is 15.8. The number of aryl methyl sites for hydroxylation is 2. The molecule has 24 heavy (non-hydrogen) atoms. The van der Waals surface area contributed by atoms with Crippen LogP contribution in [0.4, 0.5) is 0 Å². The van der Waals surface area contributed by atoms with Crippen LogP contribution in [0.15, 0.2) is 16.5 Å². The van der Waals surface area contributed by atoms with Crippen molar-refractivity contribution in [3.8, 4) is 17.1 Å². The molecule has 0 bridgehead atoms. The average Bonchev–Trinajstić information content (AvgIpc) is 3.27. The molecule has 0 spiro atoms. The van der Waals surface area contributed by atoms with Crippen LogP contribution >= 0.6 is 0 Å². The minimum absolute atomic E-state index is 0.222. The first-order valence-corrected chi connectivity index (χ1v) is 9.54. The largest absolute Gasteiger partial charge is 0.493 e. The number of fused-ring (bicyclic) bond motifs is 1. The van der Waals surface area contributed by atoms with Crippen LogP contribution < -0.4 is 4.74 Å². The minimum Gasteiger partial charge on any atom is -0.493 e. The summed E-state index contributed by atoms with van der Waals surface area (Å²) in [6.45, 7) is 9.90. The lowest BCUT2D eigenvalue weighted by Gasteiger charge is -2.19. The third-order valence-corrected chi connectivity index (χ3v) is 4.82. The number of ether oxygens (including phenoxy) is 2. The second kappa shape index (κ2) is 7.18. The standard InChI is InChI=1S/C21H30O3/c1-5-9-15-13-16(10-6-2)20-19(15)17(22-7-3)14-18(24-20)21(11-12-21)23-8-4/h13-14H,5-12H2,1-4H3. The molecule has 0 unspecified atom stereocenters. The molecule has 132 valence electrons. The van der Waals surface area contributed by atoms with Crippen LogP contribution in [-0.2, 0) is 23.2 Å². The summed E-state index contributed by atoms with van der Waals surface area (Å²) >= 11 is 0. The van der Waals surface area contributed by atoms with Crippen LogP contribution in [0.1, 0.15) is 70.3 Å². The number of hydrogen-bond donors (Lipinski definition) is 0. The van der Waals surface area contributed by atoms with Crippen LogP contribution in [-0.4, -0.2) is 13.2 Å². The zero-order valence-corrected chi connectivity index (χ0v) is 15.5. The van der Waals surface area contributed by atoms with Gasteiger partial charge in [0.15, 0.2) is 0 Å². The van der Waals surface area contributed by atoms with Crippen molar-refractivity contribution in [1.29, 1.82) is 0 Å². The molecule has 3 aliphatic rings. The summed E-state index contributed by atoms with van der Waals surface area (Å²) in [7, 11) is 0. The summed E-state index contributed by atoms with van der Waals surface area (Å²) in [6.07, 6.45) is 6.41. The fourth-order valence-electron chi connectivity index (χ4n) is 3.64. The highest BCUT2D eigenvalue weighted by molar-refractivity contribution is 5.76. The van der Waals surface area contributed by atoms with Gasteiger partial charge in [0.05, 0.1) is 12.2 Å². The fourth-order valence-corrected chi connectivity index (χ4v) is 3.64. The van der Waals surface area contributed by atoms with Crippen molar-refractivity contribution in [2.24, 2.45) is 0 Å². The Balaban J connectivity index is 2.14. The fraction of sp³-hybridized carbons (Fsp3) is 0.619. The second-order valence-electron chi connectivity index (χ2n) is 6.73. The monoisotopic (exact) mass is 330 g/mol. The third-order valence-electron chi connectivity index (χ3n) is 4.82. The molecule has 2 aliphatic carbocycles. The van der Waals surface area contributed by atoms with E-state index in [9.17, 15) is 0 Å². The number of rotatable bonds is 9. The molecule has 3 rings (SSSR count). The van der Waals surface area contributed by atoms with E-state index in [-0.39, 0.29) is 5.60 Å². The molecule has 0 aromatic heterocycles. The molecule has 0 N–H and O–H groups in total. The Labute approximate surface area is 145 Å². The molecule has 0 radical (unpaired) electrons. The Morgan fingerprint density at radius 3 is 2.25 bits per heavy atom. The molecule has 0 aromatic rings. The Kier molecular flexibility index (Phi) is 5.19. The molecular formula is C21H30O3. The van der Waals surface area contributed by atoms with Gasteiger partial charge in [-0.15, -0.1) is 0 Å². The maximum absolute atomic E-state index is 6.43. The molecule has 0 atom stereocenters. The lowest BCUT2D eigenvalue weighted by Crippen LogP contribution is -2.12. The van der Waals surface area contributed by atoms with E-state index in [2.05, 4.69) is 26.0 Å². The van der Waals surface area contributed by atoms with Gasteiger partial charge in [0.2, 0.25) is 0 Å². The molecule has 1 heterocycles. The SMILES string of the molecule is CCCc1cc(CCC)c2c(OCC)cc(C3(OCC)CC3)oc1-2. The quantitative estimate of drug-likeness (QED) is 0.590. The topological polar surface area (TPSA) is 31.6 Å². The number of hydrogen-bond acceptors (Lipinski definition) is 3. The third kappa shape index (κ3) is 3.06. The zero-order valence-electron chi connectivity index (χ0n) is 15.5. The van der Waals surface area contributed by atoms with Gasteiger partial charge in [0.25, 0.3) is 0 Å². The van der Waals surface area contributed by atoms with Crippen LogP contribution in [0.25, 0.3) is 11.3 Å². The molecule has 3 heteroatoms. The van der Waals surface area contributed by atoms with Gasteiger partial charge in [-0.25, -0.2) is 0 Å². The predicted molar refractivity (Wildman–Crippen MR) is 97.0 cm³/mol. The first-order chi connectivity index (χ1) is 11.7. The van der Waals surface area contributed by atoms with Gasteiger partial charge in [-0.05, 0) is 50.7 Å². The summed E-state index contributed by atoms with van der Waals surface area (Å²) in [5, 5.41) is 0. The average molecular weight is 330 g/mol. The van der Waals surface area contributed by atoms with E-state index in [4.69, 9.17) is 13.9 Å². The lowest BCUT2D eigenvalue weighted by atomic mass is 10.0. The van der Waals surface area contributed by atoms with Crippen molar-refractivity contribution in [3.05, 3.63) is 29.0 Å². The Morgan fingerprint density at radius 2 is 1.67 bits per heavy atom. The van der Waals surface area contributed by atoms with Crippen molar-refractivity contribution in [2.75, 3.05) is 13.2 Å².